The minimum absolute atomic E-state index is 0.328. The van der Waals surface area contributed by atoms with E-state index >= 15 is 0 Å². The number of nitrogens with one attached hydrogen (secondary N) is 1. The van der Waals surface area contributed by atoms with E-state index in [-0.39, 0.29) is 0 Å². The third-order valence-electron chi connectivity index (χ3n) is 4.66. The highest BCUT2D eigenvalue weighted by atomic mass is 15.1. The fourth-order valence-corrected chi connectivity index (χ4v) is 3.53. The van der Waals surface area contributed by atoms with E-state index in [9.17, 15) is 0 Å². The molecule has 0 amide bonds. The molecule has 0 saturated carbocycles. The molecular weight excluding hydrogens is 284 g/mol. The van der Waals surface area contributed by atoms with Crippen molar-refractivity contribution in [2.24, 2.45) is 0 Å². The zero-order chi connectivity index (χ0) is 15.8. The number of aromatic nitrogens is 2. The summed E-state index contributed by atoms with van der Waals surface area (Å²) in [5.41, 5.74) is 6.64. The Morgan fingerprint density at radius 2 is 2.17 bits per heavy atom. The second-order valence-corrected chi connectivity index (χ2v) is 6.03. The van der Waals surface area contributed by atoms with E-state index in [4.69, 9.17) is 5.26 Å². The maximum absolute atomic E-state index is 9.02. The molecule has 0 radical (unpaired) electrons. The molecule has 2 aromatic heterocycles. The second kappa shape index (κ2) is 5.44. The van der Waals surface area contributed by atoms with Gasteiger partial charge in [0.15, 0.2) is 5.65 Å². The molecule has 23 heavy (non-hydrogen) atoms. The van der Waals surface area contributed by atoms with Gasteiger partial charge in [0.25, 0.3) is 0 Å². The van der Waals surface area contributed by atoms with Crippen molar-refractivity contribution in [3.8, 4) is 6.07 Å². The van der Waals surface area contributed by atoms with Gasteiger partial charge in [0.2, 0.25) is 0 Å². The molecule has 1 aromatic carbocycles. The van der Waals surface area contributed by atoms with Crippen LogP contribution in [0.25, 0.3) is 5.65 Å². The second-order valence-electron chi connectivity index (χ2n) is 6.03. The van der Waals surface area contributed by atoms with Crippen LogP contribution >= 0.6 is 0 Å². The average molecular weight is 302 g/mol. The summed E-state index contributed by atoms with van der Waals surface area (Å²) in [6, 6.07) is 15.3. The normalized spacial score (nSPS) is 16.3. The van der Waals surface area contributed by atoms with Crippen molar-refractivity contribution < 1.29 is 0 Å². The van der Waals surface area contributed by atoms with Crippen molar-refractivity contribution in [1.29, 1.82) is 5.26 Å². The maximum Gasteiger partial charge on any atom is 0.160 e. The minimum Gasteiger partial charge on any atom is -0.375 e. The molecule has 4 heteroatoms. The number of rotatable bonds is 3. The fraction of sp³-hybridized carbons (Fsp3) is 0.263. The Morgan fingerprint density at radius 1 is 1.30 bits per heavy atom. The quantitative estimate of drug-likeness (QED) is 0.800. The number of nitriles is 1. The van der Waals surface area contributed by atoms with E-state index in [0.29, 0.717) is 12.5 Å². The standard InChI is InChI=1S/C19H18N4/c1-13-18(10-11-20)23-12-4-7-17(19(23)21-13)22-16-9-8-14-5-2-3-6-15(14)16/h2-7,12,16,22H,8-10H2,1H3. The predicted molar refractivity (Wildman–Crippen MR) is 90.4 cm³/mol. The van der Waals surface area contributed by atoms with Crippen LogP contribution in [0.15, 0.2) is 42.6 Å². The first-order chi connectivity index (χ1) is 11.3. The van der Waals surface area contributed by atoms with Gasteiger partial charge in [-0.2, -0.15) is 5.26 Å². The summed E-state index contributed by atoms with van der Waals surface area (Å²) in [4.78, 5) is 4.68. The van der Waals surface area contributed by atoms with Crippen molar-refractivity contribution in [3.05, 3.63) is 65.1 Å². The van der Waals surface area contributed by atoms with Crippen LogP contribution in [0.1, 0.15) is 35.0 Å². The Labute approximate surface area is 135 Å². The molecule has 0 aliphatic heterocycles. The largest absolute Gasteiger partial charge is 0.375 e. The molecule has 1 unspecified atom stereocenters. The smallest absolute Gasteiger partial charge is 0.160 e. The third-order valence-corrected chi connectivity index (χ3v) is 4.66. The number of imidazole rings is 1. The van der Waals surface area contributed by atoms with Crippen LogP contribution in [0.5, 0.6) is 0 Å². The molecule has 4 rings (SSSR count). The molecule has 1 aliphatic rings. The van der Waals surface area contributed by atoms with Crippen molar-refractivity contribution >= 4 is 11.3 Å². The SMILES string of the molecule is Cc1nc2c(NC3CCc4ccccc43)cccn2c1CC#N. The zero-order valence-electron chi connectivity index (χ0n) is 13.1. The van der Waals surface area contributed by atoms with Gasteiger partial charge in [-0.15, -0.1) is 0 Å². The number of aryl methyl sites for hydroxylation is 2. The minimum atomic E-state index is 0.328. The van der Waals surface area contributed by atoms with E-state index < -0.39 is 0 Å². The topological polar surface area (TPSA) is 53.1 Å². The number of pyridine rings is 1. The molecule has 3 aromatic rings. The van der Waals surface area contributed by atoms with E-state index in [2.05, 4.69) is 46.7 Å². The highest BCUT2D eigenvalue weighted by molar-refractivity contribution is 5.69. The van der Waals surface area contributed by atoms with Gasteiger partial charge in [-0.05, 0) is 43.0 Å². The van der Waals surface area contributed by atoms with Gasteiger partial charge in [0.05, 0.1) is 35.6 Å². The average Bonchev–Trinajstić information content (AvgIpc) is 3.11. The molecule has 1 aliphatic carbocycles. The van der Waals surface area contributed by atoms with Crippen LogP contribution in [-0.4, -0.2) is 9.38 Å². The van der Waals surface area contributed by atoms with Gasteiger partial charge in [-0.25, -0.2) is 4.98 Å². The number of hydrogen-bond donors (Lipinski definition) is 1. The lowest BCUT2D eigenvalue weighted by Crippen LogP contribution is -2.08. The van der Waals surface area contributed by atoms with E-state index in [0.717, 1.165) is 35.6 Å². The molecule has 0 fully saturated rings. The van der Waals surface area contributed by atoms with Crippen molar-refractivity contribution in [2.45, 2.75) is 32.2 Å². The van der Waals surface area contributed by atoms with Gasteiger partial charge in [0, 0.05) is 6.20 Å². The summed E-state index contributed by atoms with van der Waals surface area (Å²) in [5, 5.41) is 12.7. The number of fused-ring (bicyclic) bond motifs is 2. The van der Waals surface area contributed by atoms with Crippen LogP contribution in [0.2, 0.25) is 0 Å². The summed E-state index contributed by atoms with van der Waals surface area (Å²) in [6.45, 7) is 1.97. The lowest BCUT2D eigenvalue weighted by atomic mass is 10.1. The van der Waals surface area contributed by atoms with Crippen LogP contribution < -0.4 is 5.32 Å². The van der Waals surface area contributed by atoms with Gasteiger partial charge in [0.1, 0.15) is 0 Å². The fourth-order valence-electron chi connectivity index (χ4n) is 3.53. The Morgan fingerprint density at radius 3 is 3.04 bits per heavy atom. The van der Waals surface area contributed by atoms with Gasteiger partial charge >= 0.3 is 0 Å². The Bertz CT molecular complexity index is 917. The van der Waals surface area contributed by atoms with Crippen molar-refractivity contribution in [1.82, 2.24) is 9.38 Å². The van der Waals surface area contributed by atoms with Crippen LogP contribution in [0, 0.1) is 18.3 Å². The Hall–Kier alpha value is -2.80. The molecule has 4 nitrogen and oxygen atoms in total. The monoisotopic (exact) mass is 302 g/mol. The van der Waals surface area contributed by atoms with Crippen LogP contribution in [0.3, 0.4) is 0 Å². The molecule has 0 spiro atoms. The Kier molecular flexibility index (Phi) is 3.27. The Balaban J connectivity index is 1.74. The lowest BCUT2D eigenvalue weighted by molar-refractivity contribution is 0.762. The highest BCUT2D eigenvalue weighted by Crippen LogP contribution is 2.34. The summed E-state index contributed by atoms with van der Waals surface area (Å²) >= 11 is 0. The molecule has 0 bridgehead atoms. The highest BCUT2D eigenvalue weighted by Gasteiger charge is 2.22. The van der Waals surface area contributed by atoms with Crippen LogP contribution in [0.4, 0.5) is 5.69 Å². The molecule has 114 valence electrons. The maximum atomic E-state index is 9.02. The molecule has 0 saturated heterocycles. The first-order valence-corrected chi connectivity index (χ1v) is 7.96. The zero-order valence-corrected chi connectivity index (χ0v) is 13.1. The van der Waals surface area contributed by atoms with Gasteiger partial charge < -0.3 is 9.72 Å². The molecule has 2 heterocycles. The summed E-state index contributed by atoms with van der Waals surface area (Å²) in [5.74, 6) is 0. The number of nitrogens with zero attached hydrogens (tertiary/aromatic N) is 3. The molecular formula is C19H18N4. The predicted octanol–water partition coefficient (Wildman–Crippen LogP) is 3.81. The van der Waals surface area contributed by atoms with Crippen LogP contribution in [-0.2, 0) is 12.8 Å². The molecule has 1 atom stereocenters. The van der Waals surface area contributed by atoms with E-state index in [1.165, 1.54) is 11.1 Å². The summed E-state index contributed by atoms with van der Waals surface area (Å²) < 4.78 is 2.03. The molecule has 1 N–H and O–H groups in total. The lowest BCUT2D eigenvalue weighted by Gasteiger charge is -2.16. The number of hydrogen-bond acceptors (Lipinski definition) is 3. The number of anilines is 1. The van der Waals surface area contributed by atoms with E-state index in [1.807, 2.05) is 23.6 Å². The third kappa shape index (κ3) is 2.25. The summed E-state index contributed by atoms with van der Waals surface area (Å²) in [7, 11) is 0. The first-order valence-electron chi connectivity index (χ1n) is 7.96. The number of benzene rings is 1. The van der Waals surface area contributed by atoms with Crippen molar-refractivity contribution in [2.75, 3.05) is 5.32 Å². The first kappa shape index (κ1) is 13.8. The van der Waals surface area contributed by atoms with Gasteiger partial charge in [-0.3, -0.25) is 0 Å². The van der Waals surface area contributed by atoms with Crippen molar-refractivity contribution in [3.63, 3.8) is 0 Å². The summed E-state index contributed by atoms with van der Waals surface area (Å²) in [6.07, 6.45) is 4.58. The van der Waals surface area contributed by atoms with E-state index in [1.54, 1.807) is 0 Å². The van der Waals surface area contributed by atoms with Gasteiger partial charge in [-0.1, -0.05) is 24.3 Å².